The Kier molecular flexibility index (Phi) is 3.14. The van der Waals surface area contributed by atoms with Crippen LogP contribution in [0.1, 0.15) is 33.7 Å². The fraction of sp³-hybridized carbons (Fsp3) is 0.176. The van der Waals surface area contributed by atoms with E-state index in [-0.39, 0.29) is 17.5 Å². The number of aromatic nitrogens is 5. The maximum atomic E-state index is 14.1. The number of nitrogens with zero attached hydrogens (tertiary/aromatic N) is 5. The highest BCUT2D eigenvalue weighted by Crippen LogP contribution is 2.34. The molecule has 5 rings (SSSR count). The van der Waals surface area contributed by atoms with Gasteiger partial charge in [0.1, 0.15) is 17.4 Å². The summed E-state index contributed by atoms with van der Waals surface area (Å²) >= 11 is 0. The summed E-state index contributed by atoms with van der Waals surface area (Å²) in [7, 11) is 0. The average molecular weight is 352 g/mol. The summed E-state index contributed by atoms with van der Waals surface area (Å²) in [4.78, 5) is 25.8. The minimum Gasteiger partial charge on any atom is -0.438 e. The molecule has 4 aromatic heterocycles. The van der Waals surface area contributed by atoms with E-state index in [0.717, 1.165) is 5.69 Å². The number of hydrogen-bond donors (Lipinski definition) is 1. The summed E-state index contributed by atoms with van der Waals surface area (Å²) in [6.45, 7) is 0.454. The van der Waals surface area contributed by atoms with Crippen molar-refractivity contribution in [2.45, 2.75) is 12.5 Å². The van der Waals surface area contributed by atoms with Crippen LogP contribution in [0.2, 0.25) is 0 Å². The molecular weight excluding hydrogens is 339 g/mol. The fourth-order valence-corrected chi connectivity index (χ4v) is 3.39. The van der Waals surface area contributed by atoms with Crippen molar-refractivity contribution in [3.05, 3.63) is 72.0 Å². The van der Waals surface area contributed by atoms with Crippen molar-refractivity contribution in [1.29, 1.82) is 0 Å². The third kappa shape index (κ3) is 2.13. The molecule has 5 heterocycles. The number of nitrogens with one attached hydrogen (secondary N) is 1. The lowest BCUT2D eigenvalue weighted by Gasteiger charge is -2.33. The number of fused-ring (bicyclic) bond motifs is 2. The van der Waals surface area contributed by atoms with Gasteiger partial charge in [-0.15, -0.1) is 0 Å². The van der Waals surface area contributed by atoms with Crippen molar-refractivity contribution >= 4 is 11.4 Å². The van der Waals surface area contributed by atoms with Crippen LogP contribution in [-0.4, -0.2) is 41.9 Å². The normalized spacial score (nSPS) is 16.8. The predicted molar refractivity (Wildman–Crippen MR) is 86.8 cm³/mol. The zero-order valence-corrected chi connectivity index (χ0v) is 13.5. The molecule has 0 fully saturated rings. The van der Waals surface area contributed by atoms with Crippen LogP contribution in [0.4, 0.5) is 4.39 Å². The molecule has 0 radical (unpaired) electrons. The van der Waals surface area contributed by atoms with E-state index in [0.29, 0.717) is 29.9 Å². The zero-order chi connectivity index (χ0) is 17.7. The van der Waals surface area contributed by atoms with E-state index in [1.54, 1.807) is 29.6 Å². The van der Waals surface area contributed by atoms with Crippen LogP contribution in [0, 0.1) is 5.82 Å². The smallest absolute Gasteiger partial charge is 0.292 e. The molecule has 1 aliphatic rings. The lowest BCUT2D eigenvalue weighted by Crippen LogP contribution is -2.40. The van der Waals surface area contributed by atoms with E-state index in [1.165, 1.54) is 23.2 Å². The third-order valence-corrected chi connectivity index (χ3v) is 4.58. The molecule has 26 heavy (non-hydrogen) atoms. The van der Waals surface area contributed by atoms with E-state index < -0.39 is 6.04 Å². The number of imidazole rings is 1. The van der Waals surface area contributed by atoms with E-state index in [2.05, 4.69) is 20.1 Å². The first-order chi connectivity index (χ1) is 12.7. The average Bonchev–Trinajstić information content (AvgIpc) is 3.39. The van der Waals surface area contributed by atoms with Crippen molar-refractivity contribution in [2.24, 2.45) is 0 Å². The first-order valence-corrected chi connectivity index (χ1v) is 8.08. The molecule has 0 aromatic carbocycles. The standard InChI is InChI=1S/C17H13FN6O2/c18-10-2-1-4-24-13(10)6-12(22-24)16-15-11(20-8-21-15)3-5-23(16)17(25)14-7-19-9-26-14/h1-2,4,6-9,16H,3,5H2,(H,20,21). The van der Waals surface area contributed by atoms with Gasteiger partial charge in [-0.1, -0.05) is 0 Å². The van der Waals surface area contributed by atoms with Crippen LogP contribution in [0.3, 0.4) is 0 Å². The molecule has 0 saturated heterocycles. The molecular formula is C17H13FN6O2. The van der Waals surface area contributed by atoms with E-state index >= 15 is 0 Å². The second-order valence-corrected chi connectivity index (χ2v) is 6.04. The molecule has 130 valence electrons. The molecule has 1 N–H and O–H groups in total. The Morgan fingerprint density at radius 1 is 1.42 bits per heavy atom. The number of carbonyl (C=O) groups excluding carboxylic acids is 1. The number of pyridine rings is 1. The Bertz CT molecular complexity index is 1100. The van der Waals surface area contributed by atoms with Crippen LogP contribution in [0.25, 0.3) is 5.52 Å². The summed E-state index contributed by atoms with van der Waals surface area (Å²) in [6, 6.07) is 4.06. The minimum absolute atomic E-state index is 0.143. The van der Waals surface area contributed by atoms with Crippen LogP contribution in [0.5, 0.6) is 0 Å². The van der Waals surface area contributed by atoms with Gasteiger partial charge in [-0.3, -0.25) is 4.79 Å². The van der Waals surface area contributed by atoms with E-state index in [1.807, 2.05) is 0 Å². The number of halogens is 1. The molecule has 1 unspecified atom stereocenters. The molecule has 1 aliphatic heterocycles. The molecule has 0 spiro atoms. The van der Waals surface area contributed by atoms with Crippen molar-refractivity contribution in [3.8, 4) is 0 Å². The molecule has 0 saturated carbocycles. The van der Waals surface area contributed by atoms with Crippen molar-refractivity contribution in [1.82, 2.24) is 29.5 Å². The van der Waals surface area contributed by atoms with Crippen molar-refractivity contribution < 1.29 is 13.6 Å². The second kappa shape index (κ2) is 5.51. The van der Waals surface area contributed by atoms with Crippen molar-refractivity contribution in [2.75, 3.05) is 6.54 Å². The fourth-order valence-electron chi connectivity index (χ4n) is 3.39. The summed E-state index contributed by atoms with van der Waals surface area (Å²) < 4.78 is 20.7. The number of aromatic amines is 1. The Morgan fingerprint density at radius 3 is 3.15 bits per heavy atom. The summed E-state index contributed by atoms with van der Waals surface area (Å²) in [6.07, 6.45) is 6.48. The summed E-state index contributed by atoms with van der Waals surface area (Å²) in [5.74, 6) is -0.542. The SMILES string of the molecule is O=C(c1cnco1)N1CCc2[nH]cnc2C1c1cc2c(F)cccn2n1. The number of hydrogen-bond acceptors (Lipinski definition) is 5. The van der Waals surface area contributed by atoms with Crippen LogP contribution >= 0.6 is 0 Å². The number of carbonyl (C=O) groups is 1. The maximum Gasteiger partial charge on any atom is 0.292 e. The van der Waals surface area contributed by atoms with Gasteiger partial charge in [-0.25, -0.2) is 18.9 Å². The van der Waals surface area contributed by atoms with Crippen LogP contribution in [-0.2, 0) is 6.42 Å². The molecule has 1 amide bonds. The number of oxazole rings is 1. The van der Waals surface area contributed by atoms with Gasteiger partial charge in [0.05, 0.1) is 23.9 Å². The van der Waals surface area contributed by atoms with Gasteiger partial charge in [0.25, 0.3) is 5.91 Å². The molecule has 8 nitrogen and oxygen atoms in total. The molecule has 1 atom stereocenters. The number of amides is 1. The maximum absolute atomic E-state index is 14.1. The van der Waals surface area contributed by atoms with E-state index in [9.17, 15) is 9.18 Å². The monoisotopic (exact) mass is 352 g/mol. The Labute approximate surface area is 146 Å². The number of H-pyrrole nitrogens is 1. The van der Waals surface area contributed by atoms with Crippen LogP contribution in [0.15, 0.2) is 47.7 Å². The van der Waals surface area contributed by atoms with Gasteiger partial charge in [-0.05, 0) is 18.2 Å². The second-order valence-electron chi connectivity index (χ2n) is 6.04. The molecule has 4 aromatic rings. The summed E-state index contributed by atoms with van der Waals surface area (Å²) in [5.41, 5.74) is 2.52. The van der Waals surface area contributed by atoms with Gasteiger partial charge in [0.15, 0.2) is 6.39 Å². The highest BCUT2D eigenvalue weighted by molar-refractivity contribution is 5.91. The molecule has 9 heteroatoms. The molecule has 0 aliphatic carbocycles. The van der Waals surface area contributed by atoms with Gasteiger partial charge in [0, 0.05) is 24.9 Å². The van der Waals surface area contributed by atoms with Gasteiger partial charge in [0.2, 0.25) is 5.76 Å². The van der Waals surface area contributed by atoms with Gasteiger partial charge >= 0.3 is 0 Å². The minimum atomic E-state index is -0.540. The highest BCUT2D eigenvalue weighted by atomic mass is 19.1. The first kappa shape index (κ1) is 14.8. The topological polar surface area (TPSA) is 92.3 Å². The Morgan fingerprint density at radius 2 is 2.35 bits per heavy atom. The zero-order valence-electron chi connectivity index (χ0n) is 13.5. The Hall–Kier alpha value is -3.49. The largest absolute Gasteiger partial charge is 0.438 e. The van der Waals surface area contributed by atoms with Gasteiger partial charge in [-0.2, -0.15) is 5.10 Å². The Balaban J connectivity index is 1.66. The number of rotatable bonds is 2. The first-order valence-electron chi connectivity index (χ1n) is 8.08. The van der Waals surface area contributed by atoms with Gasteiger partial charge < -0.3 is 14.3 Å². The van der Waals surface area contributed by atoms with Crippen molar-refractivity contribution in [3.63, 3.8) is 0 Å². The van der Waals surface area contributed by atoms with Crippen LogP contribution < -0.4 is 0 Å². The third-order valence-electron chi connectivity index (χ3n) is 4.58. The quantitative estimate of drug-likeness (QED) is 0.595. The lowest BCUT2D eigenvalue weighted by atomic mass is 9.99. The predicted octanol–water partition coefficient (Wildman–Crippen LogP) is 1.97. The summed E-state index contributed by atoms with van der Waals surface area (Å²) in [5, 5.41) is 4.47. The van der Waals surface area contributed by atoms with E-state index in [4.69, 9.17) is 4.42 Å². The molecule has 0 bridgehead atoms. The highest BCUT2D eigenvalue weighted by Gasteiger charge is 2.37. The lowest BCUT2D eigenvalue weighted by molar-refractivity contribution is 0.0654.